The predicted molar refractivity (Wildman–Crippen MR) is 173 cm³/mol. The summed E-state index contributed by atoms with van der Waals surface area (Å²) in [4.78, 5) is 8.86. The minimum atomic E-state index is -2.21. The van der Waals surface area contributed by atoms with E-state index in [1.807, 2.05) is 70.3 Å². The van der Waals surface area contributed by atoms with Gasteiger partial charge in [0.25, 0.3) is 0 Å². The molecule has 42 heavy (non-hydrogen) atoms. The molecular weight excluding hydrogens is 713 g/mol. The molecule has 0 unspecified atom stereocenters. The zero-order valence-electron chi connectivity index (χ0n) is 27.1. The molecule has 7 aromatic rings. The monoisotopic (exact) mass is 748 g/mol. The van der Waals surface area contributed by atoms with Gasteiger partial charge in [0.1, 0.15) is 5.58 Å². The van der Waals surface area contributed by atoms with Gasteiger partial charge in [0.15, 0.2) is 0 Å². The Morgan fingerprint density at radius 1 is 0.810 bits per heavy atom. The number of benzene rings is 3. The molecule has 0 saturated carbocycles. The van der Waals surface area contributed by atoms with Crippen molar-refractivity contribution in [3.63, 3.8) is 0 Å². The Bertz CT molecular complexity index is 2060. The van der Waals surface area contributed by atoms with E-state index in [2.05, 4.69) is 64.7 Å². The van der Waals surface area contributed by atoms with Crippen molar-refractivity contribution in [2.75, 3.05) is 0 Å². The molecule has 0 aliphatic carbocycles. The first-order valence-corrected chi connectivity index (χ1v) is 14.4. The summed E-state index contributed by atoms with van der Waals surface area (Å²) < 4.78 is 31.2. The van der Waals surface area contributed by atoms with Gasteiger partial charge >= 0.3 is 0 Å². The summed E-state index contributed by atoms with van der Waals surface area (Å²) in [5.41, 5.74) is 8.14. The van der Waals surface area contributed by atoms with Crippen LogP contribution in [0.3, 0.4) is 0 Å². The van der Waals surface area contributed by atoms with Crippen molar-refractivity contribution < 1.29 is 28.6 Å². The van der Waals surface area contributed by atoms with E-state index in [-0.39, 0.29) is 31.1 Å². The van der Waals surface area contributed by atoms with Crippen LogP contribution in [0.1, 0.15) is 47.1 Å². The smallest absolute Gasteiger partial charge is 0.129 e. The van der Waals surface area contributed by atoms with E-state index in [0.717, 1.165) is 49.7 Å². The van der Waals surface area contributed by atoms with Crippen molar-refractivity contribution in [1.29, 1.82) is 0 Å². The van der Waals surface area contributed by atoms with Gasteiger partial charge in [0.05, 0.1) is 5.58 Å². The molecular formula is C37H32IrN2OS-2. The molecule has 0 aliphatic rings. The number of fused-ring (bicyclic) bond motifs is 5. The molecule has 0 saturated heterocycles. The minimum Gasteiger partial charge on any atom is -0.500 e. The molecule has 5 heteroatoms. The third-order valence-corrected chi connectivity index (χ3v) is 8.04. The molecule has 213 valence electrons. The molecule has 0 amide bonds. The second-order valence-corrected chi connectivity index (χ2v) is 12.3. The van der Waals surface area contributed by atoms with Gasteiger partial charge in [-0.15, -0.1) is 64.9 Å². The first-order chi connectivity index (χ1) is 20.9. The van der Waals surface area contributed by atoms with E-state index in [4.69, 9.17) is 8.53 Å². The molecule has 7 rings (SSSR count). The van der Waals surface area contributed by atoms with Crippen molar-refractivity contribution in [3.05, 3.63) is 119 Å². The number of thiophene rings is 1. The number of aromatic nitrogens is 2. The maximum atomic E-state index is 7.90. The van der Waals surface area contributed by atoms with Crippen LogP contribution in [-0.2, 0) is 25.5 Å². The van der Waals surface area contributed by atoms with Gasteiger partial charge in [-0.3, -0.25) is 0 Å². The fraction of sp³-hybridized carbons (Fsp3) is 0.189. The fourth-order valence-corrected chi connectivity index (χ4v) is 5.72. The second kappa shape index (κ2) is 11.9. The number of hydrogen-bond acceptors (Lipinski definition) is 4. The average molecular weight is 748 g/mol. The summed E-state index contributed by atoms with van der Waals surface area (Å²) in [6.07, 6.45) is 3.36. The third-order valence-electron chi connectivity index (χ3n) is 7.15. The van der Waals surface area contributed by atoms with Gasteiger partial charge in [-0.2, -0.15) is 0 Å². The third kappa shape index (κ3) is 5.83. The standard InChI is InChI=1S/C24H20NOS.C13H12N.Ir/c1-14-13-25-20(12-19(14)24(2,3)4)17-7-5-6-15-16-8-9-21-18(10-11-27-21)23(16)26-22(15)17;1-10-3-6-12(7-4-10)13-8-5-11(2)9-14-13;/h5-6,8-13H,1-4H3;3-6,8-9H,1-2H3;/q2*-1;/i1D3;;. The first-order valence-electron chi connectivity index (χ1n) is 15.1. The Morgan fingerprint density at radius 3 is 2.31 bits per heavy atom. The average Bonchev–Trinajstić information content (AvgIpc) is 3.62. The van der Waals surface area contributed by atoms with Crippen LogP contribution in [0.15, 0.2) is 88.9 Å². The summed E-state index contributed by atoms with van der Waals surface area (Å²) in [5, 5.41) is 5.22. The number of rotatable bonds is 2. The molecule has 4 aromatic heterocycles. The Morgan fingerprint density at radius 2 is 1.60 bits per heavy atom. The maximum Gasteiger partial charge on any atom is 0.129 e. The molecule has 1 radical (unpaired) electrons. The van der Waals surface area contributed by atoms with E-state index >= 15 is 0 Å². The van der Waals surface area contributed by atoms with E-state index in [9.17, 15) is 0 Å². The van der Waals surface area contributed by atoms with E-state index in [1.165, 1.54) is 22.0 Å². The van der Waals surface area contributed by atoms with E-state index in [0.29, 0.717) is 5.69 Å². The molecule has 0 bridgehead atoms. The summed E-state index contributed by atoms with van der Waals surface area (Å²) in [6, 6.07) is 28.7. The molecule has 0 spiro atoms. The number of furan rings is 1. The van der Waals surface area contributed by atoms with Gasteiger partial charge in [0, 0.05) is 52.1 Å². The number of aryl methyl sites for hydroxylation is 3. The molecule has 0 fully saturated rings. The van der Waals surface area contributed by atoms with Gasteiger partial charge in [-0.05, 0) is 64.8 Å². The van der Waals surface area contributed by atoms with Crippen molar-refractivity contribution in [2.24, 2.45) is 0 Å². The van der Waals surface area contributed by atoms with Gasteiger partial charge in [-0.1, -0.05) is 62.9 Å². The fourth-order valence-electron chi connectivity index (χ4n) is 4.94. The summed E-state index contributed by atoms with van der Waals surface area (Å²) >= 11 is 1.69. The van der Waals surface area contributed by atoms with Crippen molar-refractivity contribution in [3.8, 4) is 22.5 Å². The SMILES string of the molecule is Cc1c[c-]c(-c2ccc(C)cn2)cc1.[2H]C([2H])([2H])c1cnc(-c2[c-]ccc3c2oc2c4ccsc4ccc32)cc1C(C)(C)C.[Ir]. The van der Waals surface area contributed by atoms with Crippen LogP contribution in [0, 0.1) is 32.8 Å². The van der Waals surface area contributed by atoms with E-state index < -0.39 is 6.85 Å². The predicted octanol–water partition coefficient (Wildman–Crippen LogP) is 10.4. The minimum absolute atomic E-state index is 0. The van der Waals surface area contributed by atoms with E-state index in [1.54, 1.807) is 11.3 Å². The maximum absolute atomic E-state index is 7.90. The molecule has 0 aliphatic heterocycles. The number of hydrogen-bond donors (Lipinski definition) is 0. The normalized spacial score (nSPS) is 12.7. The molecule has 0 N–H and O–H groups in total. The molecule has 3 nitrogen and oxygen atoms in total. The second-order valence-electron chi connectivity index (χ2n) is 11.3. The molecule has 3 aromatic carbocycles. The van der Waals surface area contributed by atoms with Crippen LogP contribution < -0.4 is 0 Å². The summed E-state index contributed by atoms with van der Waals surface area (Å²) in [7, 11) is 0. The van der Waals surface area contributed by atoms with Crippen LogP contribution in [-0.4, -0.2) is 9.97 Å². The zero-order chi connectivity index (χ0) is 31.2. The summed E-state index contributed by atoms with van der Waals surface area (Å²) in [5.74, 6) is 0. The Balaban J connectivity index is 0.000000225. The quantitative estimate of drug-likeness (QED) is 0.165. The van der Waals surface area contributed by atoms with Crippen molar-refractivity contribution in [2.45, 2.75) is 46.9 Å². The van der Waals surface area contributed by atoms with Crippen LogP contribution >= 0.6 is 11.3 Å². The van der Waals surface area contributed by atoms with Crippen LogP contribution in [0.5, 0.6) is 0 Å². The Labute approximate surface area is 269 Å². The van der Waals surface area contributed by atoms with Gasteiger partial charge < -0.3 is 14.4 Å². The zero-order valence-corrected chi connectivity index (χ0v) is 27.3. The Hall–Kier alpha value is -3.63. The van der Waals surface area contributed by atoms with Crippen LogP contribution in [0.4, 0.5) is 0 Å². The largest absolute Gasteiger partial charge is 0.500 e. The van der Waals surface area contributed by atoms with Gasteiger partial charge in [0.2, 0.25) is 0 Å². The number of pyridine rings is 2. The first kappa shape index (κ1) is 26.0. The molecule has 4 heterocycles. The van der Waals surface area contributed by atoms with Crippen LogP contribution in [0.2, 0.25) is 0 Å². The topological polar surface area (TPSA) is 38.9 Å². The van der Waals surface area contributed by atoms with Crippen LogP contribution in [0.25, 0.3) is 54.5 Å². The number of nitrogens with zero attached hydrogens (tertiary/aromatic N) is 2. The summed E-state index contributed by atoms with van der Waals surface area (Å²) in [6.45, 7) is 7.92. The molecule has 0 atom stereocenters. The van der Waals surface area contributed by atoms with Gasteiger partial charge in [-0.25, -0.2) is 0 Å². The Kier molecular flexibility index (Phi) is 7.39. The van der Waals surface area contributed by atoms with Crippen molar-refractivity contribution >= 4 is 43.4 Å². The van der Waals surface area contributed by atoms with Crippen molar-refractivity contribution in [1.82, 2.24) is 9.97 Å².